The number of carbonyl (C=O) groups excluding carboxylic acids is 1. The number of hydrogen-bond donors (Lipinski definition) is 3. The Balaban J connectivity index is 1.58. The first-order valence-electron chi connectivity index (χ1n) is 16.0. The number of aliphatic hydroxyl groups excluding tert-OH is 1. The van der Waals surface area contributed by atoms with Gasteiger partial charge in [0.05, 0.1) is 33.0 Å². The molecule has 9 heteroatoms. The topological polar surface area (TPSA) is 122 Å². The second kappa shape index (κ2) is 18.1. The van der Waals surface area contributed by atoms with Crippen molar-refractivity contribution in [3.63, 3.8) is 0 Å². The minimum absolute atomic E-state index is 0.0446. The molecule has 44 heavy (non-hydrogen) atoms. The molecule has 0 saturated carbocycles. The molecule has 4 atom stereocenters. The quantitative estimate of drug-likeness (QED) is 0.197. The monoisotopic (exact) mass is 614 g/mol. The lowest BCUT2D eigenvalue weighted by Gasteiger charge is -2.30. The average Bonchev–Trinajstić information content (AvgIpc) is 3.25. The van der Waals surface area contributed by atoms with E-state index in [0.29, 0.717) is 69.0 Å². The molecule has 246 valence electrons. The van der Waals surface area contributed by atoms with Crippen LogP contribution in [0.3, 0.4) is 0 Å². The Hall–Kier alpha value is -3.01. The van der Waals surface area contributed by atoms with Crippen LogP contribution in [0.2, 0.25) is 0 Å². The second-order valence-corrected chi connectivity index (χ2v) is 12.5. The molecule has 0 aromatic heterocycles. The summed E-state index contributed by atoms with van der Waals surface area (Å²) >= 11 is 0. The van der Waals surface area contributed by atoms with E-state index in [4.69, 9.17) is 29.4 Å². The van der Waals surface area contributed by atoms with Crippen LogP contribution in [0.5, 0.6) is 23.0 Å². The van der Waals surface area contributed by atoms with E-state index in [9.17, 15) is 9.90 Å². The standard InChI is InChI=1S/C35H54N2O7/c1-23(2)27(17-25-9-11-31(41-6)33(18-25)43-14-7-13-40-5)20-29(36)30(38)21-28(24(3)4)35(39)37-22-26-10-12-32-34(19-26)44-16-8-15-42-32/h9-12,18-19,23-24,27-30,38H,7-8,13-17,20-22,36H2,1-6H3,(H,37,39)/t27?,28?,29?,30-/m0/s1. The number of carbonyl (C=O) groups is 1. The number of ether oxygens (including phenoxy) is 5. The lowest BCUT2D eigenvalue weighted by Crippen LogP contribution is -2.42. The highest BCUT2D eigenvalue weighted by Gasteiger charge is 2.30. The van der Waals surface area contributed by atoms with Crippen LogP contribution in [0, 0.1) is 23.7 Å². The van der Waals surface area contributed by atoms with E-state index in [1.54, 1.807) is 14.2 Å². The van der Waals surface area contributed by atoms with Gasteiger partial charge in [0.2, 0.25) is 5.91 Å². The normalized spacial score (nSPS) is 15.8. The highest BCUT2D eigenvalue weighted by Crippen LogP contribution is 2.32. The molecule has 1 heterocycles. The van der Waals surface area contributed by atoms with Crippen molar-refractivity contribution in [1.82, 2.24) is 5.32 Å². The summed E-state index contributed by atoms with van der Waals surface area (Å²) in [6.07, 6.45) is 2.56. The fourth-order valence-corrected chi connectivity index (χ4v) is 5.50. The van der Waals surface area contributed by atoms with Crippen LogP contribution >= 0.6 is 0 Å². The van der Waals surface area contributed by atoms with Gasteiger partial charge in [0.25, 0.3) is 0 Å². The average molecular weight is 615 g/mol. The van der Waals surface area contributed by atoms with Gasteiger partial charge in [-0.3, -0.25) is 4.79 Å². The number of nitrogens with one attached hydrogen (secondary N) is 1. The van der Waals surface area contributed by atoms with Gasteiger partial charge < -0.3 is 39.8 Å². The Labute approximate surface area is 263 Å². The Kier molecular flexibility index (Phi) is 14.6. The van der Waals surface area contributed by atoms with Crippen LogP contribution in [0.25, 0.3) is 0 Å². The predicted molar refractivity (Wildman–Crippen MR) is 172 cm³/mol. The molecule has 0 spiro atoms. The fourth-order valence-electron chi connectivity index (χ4n) is 5.50. The Morgan fingerprint density at radius 2 is 1.66 bits per heavy atom. The summed E-state index contributed by atoms with van der Waals surface area (Å²) in [7, 11) is 3.31. The zero-order chi connectivity index (χ0) is 32.1. The number of nitrogens with two attached hydrogens (primary N) is 1. The van der Waals surface area contributed by atoms with E-state index in [2.05, 4.69) is 25.2 Å². The molecule has 3 rings (SSSR count). The third-order valence-corrected chi connectivity index (χ3v) is 8.40. The van der Waals surface area contributed by atoms with Crippen molar-refractivity contribution in [2.45, 2.75) is 78.5 Å². The van der Waals surface area contributed by atoms with E-state index in [-0.39, 0.29) is 23.7 Å². The summed E-state index contributed by atoms with van der Waals surface area (Å²) in [5, 5.41) is 14.3. The first kappa shape index (κ1) is 35.5. The summed E-state index contributed by atoms with van der Waals surface area (Å²) in [5.41, 5.74) is 8.67. The van der Waals surface area contributed by atoms with E-state index >= 15 is 0 Å². The van der Waals surface area contributed by atoms with Gasteiger partial charge in [0.15, 0.2) is 23.0 Å². The molecule has 0 bridgehead atoms. The summed E-state index contributed by atoms with van der Waals surface area (Å²) in [5.74, 6) is 3.02. The molecular weight excluding hydrogens is 560 g/mol. The lowest BCUT2D eigenvalue weighted by molar-refractivity contribution is -0.127. The van der Waals surface area contributed by atoms with Crippen molar-refractivity contribution in [2.75, 3.05) is 40.6 Å². The molecule has 9 nitrogen and oxygen atoms in total. The number of fused-ring (bicyclic) bond motifs is 1. The van der Waals surface area contributed by atoms with Crippen molar-refractivity contribution >= 4 is 5.91 Å². The summed E-state index contributed by atoms with van der Waals surface area (Å²) < 4.78 is 28.1. The van der Waals surface area contributed by atoms with Gasteiger partial charge in [-0.2, -0.15) is 0 Å². The molecule has 0 radical (unpaired) electrons. The Morgan fingerprint density at radius 3 is 2.34 bits per heavy atom. The van der Waals surface area contributed by atoms with Crippen molar-refractivity contribution in [3.05, 3.63) is 47.5 Å². The number of rotatable bonds is 18. The number of amides is 1. The molecule has 4 N–H and O–H groups in total. The van der Waals surface area contributed by atoms with Gasteiger partial charge >= 0.3 is 0 Å². The lowest BCUT2D eigenvalue weighted by atomic mass is 9.81. The molecular formula is C35H54N2O7. The maximum absolute atomic E-state index is 13.3. The largest absolute Gasteiger partial charge is 0.493 e. The summed E-state index contributed by atoms with van der Waals surface area (Å²) in [6, 6.07) is 11.3. The fraction of sp³-hybridized carbons (Fsp3) is 0.629. The minimum atomic E-state index is -0.803. The maximum Gasteiger partial charge on any atom is 0.223 e. The van der Waals surface area contributed by atoms with Gasteiger partial charge in [-0.15, -0.1) is 0 Å². The highest BCUT2D eigenvalue weighted by molar-refractivity contribution is 5.79. The van der Waals surface area contributed by atoms with Crippen molar-refractivity contribution in [3.8, 4) is 23.0 Å². The van der Waals surface area contributed by atoms with Crippen LogP contribution in [0.15, 0.2) is 36.4 Å². The third kappa shape index (κ3) is 10.9. The zero-order valence-electron chi connectivity index (χ0n) is 27.5. The van der Waals surface area contributed by atoms with E-state index in [1.807, 2.05) is 44.2 Å². The third-order valence-electron chi connectivity index (χ3n) is 8.40. The predicted octanol–water partition coefficient (Wildman–Crippen LogP) is 5.14. The van der Waals surface area contributed by atoms with Crippen LogP contribution in [-0.2, 0) is 22.5 Å². The molecule has 0 saturated heterocycles. The number of aliphatic hydroxyl groups is 1. The van der Waals surface area contributed by atoms with Crippen LogP contribution in [0.1, 0.15) is 64.5 Å². The first-order chi connectivity index (χ1) is 21.1. The van der Waals surface area contributed by atoms with Crippen molar-refractivity contribution < 1.29 is 33.6 Å². The molecule has 3 unspecified atom stereocenters. The van der Waals surface area contributed by atoms with E-state index in [1.165, 1.54) is 0 Å². The minimum Gasteiger partial charge on any atom is -0.493 e. The van der Waals surface area contributed by atoms with Gasteiger partial charge in [-0.05, 0) is 72.4 Å². The molecule has 1 aliphatic rings. The molecule has 0 fully saturated rings. The first-order valence-corrected chi connectivity index (χ1v) is 16.0. The molecule has 2 aromatic rings. The molecule has 0 aliphatic carbocycles. The Bertz CT molecular complexity index is 1160. The summed E-state index contributed by atoms with van der Waals surface area (Å²) in [6.45, 7) is 11.2. The maximum atomic E-state index is 13.3. The van der Waals surface area contributed by atoms with E-state index in [0.717, 1.165) is 36.1 Å². The van der Waals surface area contributed by atoms with Gasteiger partial charge in [-0.1, -0.05) is 39.8 Å². The van der Waals surface area contributed by atoms with Crippen LogP contribution < -0.4 is 30.0 Å². The number of benzene rings is 2. The van der Waals surface area contributed by atoms with Gasteiger partial charge in [0, 0.05) is 45.1 Å². The van der Waals surface area contributed by atoms with Gasteiger partial charge in [-0.25, -0.2) is 0 Å². The molecule has 2 aromatic carbocycles. The highest BCUT2D eigenvalue weighted by atomic mass is 16.5. The number of methoxy groups -OCH3 is 2. The molecule has 1 amide bonds. The van der Waals surface area contributed by atoms with E-state index < -0.39 is 12.1 Å². The van der Waals surface area contributed by atoms with Crippen LogP contribution in [0.4, 0.5) is 0 Å². The van der Waals surface area contributed by atoms with Crippen molar-refractivity contribution in [2.24, 2.45) is 29.4 Å². The second-order valence-electron chi connectivity index (χ2n) is 12.5. The number of hydrogen-bond acceptors (Lipinski definition) is 8. The SMILES string of the molecule is COCCCOc1cc(CC(CC(N)[C@@H](O)CC(C(=O)NCc2ccc3c(c2)OCCCO3)C(C)C)C(C)C)ccc1OC. The Morgan fingerprint density at radius 1 is 0.932 bits per heavy atom. The zero-order valence-corrected chi connectivity index (χ0v) is 27.5. The summed E-state index contributed by atoms with van der Waals surface area (Å²) in [4.78, 5) is 13.3. The molecule has 1 aliphatic heterocycles. The van der Waals surface area contributed by atoms with Gasteiger partial charge in [0.1, 0.15) is 0 Å². The van der Waals surface area contributed by atoms with Crippen molar-refractivity contribution in [1.29, 1.82) is 0 Å². The smallest absolute Gasteiger partial charge is 0.223 e. The van der Waals surface area contributed by atoms with Crippen LogP contribution in [-0.4, -0.2) is 63.8 Å².